The van der Waals surface area contributed by atoms with Gasteiger partial charge >= 0.3 is 0 Å². The summed E-state index contributed by atoms with van der Waals surface area (Å²) in [5.74, 6) is 0. The van der Waals surface area contributed by atoms with Gasteiger partial charge in [0, 0.05) is 16.2 Å². The smallest absolute Gasteiger partial charge is 0.100 e. The molecule has 19 heavy (non-hydrogen) atoms. The van der Waals surface area contributed by atoms with Crippen molar-refractivity contribution >= 4 is 21.6 Å². The highest BCUT2D eigenvalue weighted by molar-refractivity contribution is 9.10. The number of anilines is 1. The number of nitriles is 1. The Morgan fingerprint density at radius 3 is 2.58 bits per heavy atom. The highest BCUT2D eigenvalue weighted by Gasteiger charge is 2.05. The topological polar surface area (TPSA) is 35.8 Å². The Balaban J connectivity index is 2.01. The van der Waals surface area contributed by atoms with Gasteiger partial charge in [0.2, 0.25) is 0 Å². The van der Waals surface area contributed by atoms with Gasteiger partial charge in [-0.2, -0.15) is 5.26 Å². The van der Waals surface area contributed by atoms with Gasteiger partial charge < -0.3 is 5.32 Å². The van der Waals surface area contributed by atoms with Crippen LogP contribution in [0.25, 0.3) is 0 Å². The SMILES string of the molecule is CC(Cc1ccccc1)Nc1ccc(C#N)c(Br)c1. The van der Waals surface area contributed by atoms with Gasteiger partial charge in [-0.3, -0.25) is 0 Å². The van der Waals surface area contributed by atoms with Crippen LogP contribution in [0.15, 0.2) is 53.0 Å². The summed E-state index contributed by atoms with van der Waals surface area (Å²) in [4.78, 5) is 0. The lowest BCUT2D eigenvalue weighted by Gasteiger charge is -2.15. The van der Waals surface area contributed by atoms with E-state index >= 15 is 0 Å². The average molecular weight is 315 g/mol. The highest BCUT2D eigenvalue weighted by atomic mass is 79.9. The van der Waals surface area contributed by atoms with Crippen molar-refractivity contribution in [1.82, 2.24) is 0 Å². The minimum atomic E-state index is 0.335. The van der Waals surface area contributed by atoms with Crippen molar-refractivity contribution in [2.24, 2.45) is 0 Å². The van der Waals surface area contributed by atoms with E-state index in [9.17, 15) is 0 Å². The van der Waals surface area contributed by atoms with Crippen LogP contribution < -0.4 is 5.32 Å². The highest BCUT2D eigenvalue weighted by Crippen LogP contribution is 2.21. The van der Waals surface area contributed by atoms with Crippen molar-refractivity contribution in [2.75, 3.05) is 5.32 Å². The van der Waals surface area contributed by atoms with E-state index in [1.54, 1.807) is 0 Å². The van der Waals surface area contributed by atoms with E-state index < -0.39 is 0 Å². The quantitative estimate of drug-likeness (QED) is 0.910. The Bertz CT molecular complexity index is 587. The summed E-state index contributed by atoms with van der Waals surface area (Å²) in [6.07, 6.45) is 0.971. The van der Waals surface area contributed by atoms with E-state index in [4.69, 9.17) is 5.26 Å². The zero-order chi connectivity index (χ0) is 13.7. The molecule has 0 aliphatic heterocycles. The molecule has 0 saturated carbocycles. The number of halogens is 1. The first kappa shape index (κ1) is 13.6. The second-order valence-electron chi connectivity index (χ2n) is 4.54. The van der Waals surface area contributed by atoms with Crippen molar-refractivity contribution in [3.63, 3.8) is 0 Å². The molecule has 0 amide bonds. The lowest BCUT2D eigenvalue weighted by Crippen LogP contribution is -2.18. The Morgan fingerprint density at radius 2 is 1.95 bits per heavy atom. The number of nitrogens with one attached hydrogen (secondary N) is 1. The standard InChI is InChI=1S/C16H15BrN2/c1-12(9-13-5-3-2-4-6-13)19-15-8-7-14(11-18)16(17)10-15/h2-8,10,12,19H,9H2,1H3. The maximum Gasteiger partial charge on any atom is 0.100 e. The van der Waals surface area contributed by atoms with Crippen molar-refractivity contribution < 1.29 is 0 Å². The van der Waals surface area contributed by atoms with Gasteiger partial charge in [-0.1, -0.05) is 30.3 Å². The summed E-state index contributed by atoms with van der Waals surface area (Å²) < 4.78 is 0.826. The van der Waals surface area contributed by atoms with Crippen LogP contribution in [0.2, 0.25) is 0 Å². The van der Waals surface area contributed by atoms with Crippen LogP contribution in [0, 0.1) is 11.3 Å². The number of nitrogens with zero attached hydrogens (tertiary/aromatic N) is 1. The van der Waals surface area contributed by atoms with Gasteiger partial charge in [0.15, 0.2) is 0 Å². The second kappa shape index (κ2) is 6.40. The third-order valence-corrected chi connectivity index (χ3v) is 3.54. The molecule has 1 unspecified atom stereocenters. The maximum absolute atomic E-state index is 8.89. The molecule has 2 aromatic carbocycles. The average Bonchev–Trinajstić information content (AvgIpc) is 2.40. The van der Waals surface area contributed by atoms with Crippen molar-refractivity contribution in [3.8, 4) is 6.07 Å². The number of benzene rings is 2. The van der Waals surface area contributed by atoms with E-state index in [1.807, 2.05) is 24.3 Å². The maximum atomic E-state index is 8.89. The fourth-order valence-corrected chi connectivity index (χ4v) is 2.47. The van der Waals surface area contributed by atoms with Crippen molar-refractivity contribution in [2.45, 2.75) is 19.4 Å². The molecule has 2 nitrogen and oxygen atoms in total. The first-order valence-corrected chi connectivity index (χ1v) is 6.98. The van der Waals surface area contributed by atoms with E-state index in [0.29, 0.717) is 11.6 Å². The lowest BCUT2D eigenvalue weighted by atomic mass is 10.1. The van der Waals surface area contributed by atoms with Gasteiger partial charge in [-0.15, -0.1) is 0 Å². The molecule has 2 rings (SSSR count). The second-order valence-corrected chi connectivity index (χ2v) is 5.40. The third kappa shape index (κ3) is 3.84. The van der Waals surface area contributed by atoms with Crippen LogP contribution >= 0.6 is 15.9 Å². The van der Waals surface area contributed by atoms with Gasteiger partial charge in [-0.05, 0) is 53.0 Å². The molecule has 3 heteroatoms. The zero-order valence-electron chi connectivity index (χ0n) is 10.7. The largest absolute Gasteiger partial charge is 0.382 e. The molecule has 2 aromatic rings. The summed E-state index contributed by atoms with van der Waals surface area (Å²) in [5, 5.41) is 12.3. The van der Waals surface area contributed by atoms with E-state index in [-0.39, 0.29) is 0 Å². The Hall–Kier alpha value is -1.79. The van der Waals surface area contributed by atoms with Gasteiger partial charge in [-0.25, -0.2) is 0 Å². The van der Waals surface area contributed by atoms with E-state index in [2.05, 4.69) is 58.5 Å². The number of rotatable bonds is 4. The first-order valence-electron chi connectivity index (χ1n) is 6.19. The minimum absolute atomic E-state index is 0.335. The number of hydrogen-bond donors (Lipinski definition) is 1. The zero-order valence-corrected chi connectivity index (χ0v) is 12.3. The predicted molar refractivity (Wildman–Crippen MR) is 82.1 cm³/mol. The Morgan fingerprint density at radius 1 is 1.21 bits per heavy atom. The van der Waals surface area contributed by atoms with Crippen molar-refractivity contribution in [1.29, 1.82) is 5.26 Å². The molecule has 0 radical (unpaired) electrons. The Labute approximate surface area is 122 Å². The van der Waals surface area contributed by atoms with Crippen LogP contribution in [-0.2, 0) is 6.42 Å². The predicted octanol–water partition coefficient (Wildman–Crippen LogP) is 4.36. The molecule has 0 fully saturated rings. The fraction of sp³-hybridized carbons (Fsp3) is 0.188. The number of hydrogen-bond acceptors (Lipinski definition) is 2. The molecule has 96 valence electrons. The molecule has 0 aliphatic rings. The van der Waals surface area contributed by atoms with Crippen LogP contribution in [0.5, 0.6) is 0 Å². The molecule has 0 bridgehead atoms. The van der Waals surface area contributed by atoms with Crippen molar-refractivity contribution in [3.05, 3.63) is 64.1 Å². The summed E-state index contributed by atoms with van der Waals surface area (Å²) in [7, 11) is 0. The summed E-state index contributed by atoms with van der Waals surface area (Å²) in [6.45, 7) is 2.15. The molecular weight excluding hydrogens is 300 g/mol. The molecule has 0 heterocycles. The molecule has 1 N–H and O–H groups in total. The third-order valence-electron chi connectivity index (χ3n) is 2.89. The first-order chi connectivity index (χ1) is 9.19. The molecule has 0 saturated heterocycles. The molecule has 0 aliphatic carbocycles. The van der Waals surface area contributed by atoms with Gasteiger partial charge in [0.25, 0.3) is 0 Å². The molecule has 1 atom stereocenters. The van der Waals surface area contributed by atoms with Gasteiger partial charge in [0.05, 0.1) is 5.56 Å². The van der Waals surface area contributed by atoms with Crippen LogP contribution in [0.1, 0.15) is 18.1 Å². The molecule has 0 spiro atoms. The summed E-state index contributed by atoms with van der Waals surface area (Å²) >= 11 is 3.40. The normalized spacial score (nSPS) is 11.6. The summed E-state index contributed by atoms with van der Waals surface area (Å²) in [5.41, 5.74) is 2.99. The van der Waals surface area contributed by atoms with Crippen LogP contribution in [-0.4, -0.2) is 6.04 Å². The fourth-order valence-electron chi connectivity index (χ4n) is 2.00. The molecule has 0 aromatic heterocycles. The summed E-state index contributed by atoms with van der Waals surface area (Å²) in [6, 6.07) is 18.6. The van der Waals surface area contributed by atoms with Gasteiger partial charge in [0.1, 0.15) is 6.07 Å². The van der Waals surface area contributed by atoms with Crippen LogP contribution in [0.3, 0.4) is 0 Å². The van der Waals surface area contributed by atoms with Crippen LogP contribution in [0.4, 0.5) is 5.69 Å². The molecular formula is C16H15BrN2. The minimum Gasteiger partial charge on any atom is -0.382 e. The van der Waals surface area contributed by atoms with E-state index in [0.717, 1.165) is 16.6 Å². The van der Waals surface area contributed by atoms with E-state index in [1.165, 1.54) is 5.56 Å². The lowest BCUT2D eigenvalue weighted by molar-refractivity contribution is 0.790. The Kier molecular flexibility index (Phi) is 4.59. The monoisotopic (exact) mass is 314 g/mol.